The average Bonchev–Trinajstić information content (AvgIpc) is 2.93. The van der Waals surface area contributed by atoms with Crippen LogP contribution in [0.2, 0.25) is 0 Å². The van der Waals surface area contributed by atoms with Gasteiger partial charge in [-0.3, -0.25) is 10.1 Å². The Hall–Kier alpha value is -2.25. The van der Waals surface area contributed by atoms with E-state index in [4.69, 9.17) is 4.74 Å². The molecule has 0 radical (unpaired) electrons. The second kappa shape index (κ2) is 6.96. The minimum absolute atomic E-state index is 0.0354. The second-order valence-electron chi connectivity index (χ2n) is 4.52. The van der Waals surface area contributed by atoms with Crippen molar-refractivity contribution < 1.29 is 14.8 Å². The molecule has 0 bridgehead atoms. The van der Waals surface area contributed by atoms with E-state index in [-0.39, 0.29) is 12.3 Å². The zero-order valence-electron chi connectivity index (χ0n) is 11.7. The molecule has 1 aromatic carbocycles. The highest BCUT2D eigenvalue weighted by Crippen LogP contribution is 2.21. The predicted molar refractivity (Wildman–Crippen MR) is 76.8 cm³/mol. The Morgan fingerprint density at radius 1 is 1.43 bits per heavy atom. The Kier molecular flexibility index (Phi) is 5.02. The number of nitrogens with zero attached hydrogens (tertiary/aromatic N) is 3. The van der Waals surface area contributed by atoms with Gasteiger partial charge in [-0.15, -0.1) is 0 Å². The molecular weight excluding hydrogens is 274 g/mol. The van der Waals surface area contributed by atoms with Crippen molar-refractivity contribution >= 4 is 5.69 Å². The number of hydrogen-bond acceptors (Lipinski definition) is 5. The first-order valence-electron chi connectivity index (χ1n) is 6.63. The normalized spacial score (nSPS) is 12.3. The van der Waals surface area contributed by atoms with Crippen molar-refractivity contribution in [1.29, 1.82) is 0 Å². The molecule has 7 heteroatoms. The summed E-state index contributed by atoms with van der Waals surface area (Å²) in [6.45, 7) is 3.03. The van der Waals surface area contributed by atoms with Crippen LogP contribution < -0.4 is 0 Å². The van der Waals surface area contributed by atoms with Gasteiger partial charge in [-0.25, -0.2) is 4.98 Å². The summed E-state index contributed by atoms with van der Waals surface area (Å²) < 4.78 is 6.97. The number of rotatable bonds is 7. The van der Waals surface area contributed by atoms with Gasteiger partial charge in [-0.05, 0) is 19.1 Å². The monoisotopic (exact) mass is 291 g/mol. The lowest BCUT2D eigenvalue weighted by atomic mass is 10.2. The van der Waals surface area contributed by atoms with Gasteiger partial charge >= 0.3 is 0 Å². The SMILES string of the molecule is CCOC[C@H](O)Cn1ccnc1-c1ccc([N+](=O)[O-])cc1. The summed E-state index contributed by atoms with van der Waals surface area (Å²) in [6.07, 6.45) is 2.76. The molecule has 0 amide bonds. The van der Waals surface area contributed by atoms with Crippen LogP contribution in [-0.2, 0) is 11.3 Å². The van der Waals surface area contributed by atoms with Crippen molar-refractivity contribution in [3.63, 3.8) is 0 Å². The van der Waals surface area contributed by atoms with Gasteiger partial charge in [0, 0.05) is 36.7 Å². The maximum Gasteiger partial charge on any atom is 0.269 e. The zero-order valence-corrected chi connectivity index (χ0v) is 11.7. The zero-order chi connectivity index (χ0) is 15.2. The number of ether oxygens (including phenoxy) is 1. The Labute approximate surface area is 122 Å². The summed E-state index contributed by atoms with van der Waals surface area (Å²) in [6, 6.07) is 6.16. The predicted octanol–water partition coefficient (Wildman–Crippen LogP) is 1.86. The van der Waals surface area contributed by atoms with Crippen LogP contribution in [0, 0.1) is 10.1 Å². The van der Waals surface area contributed by atoms with Gasteiger partial charge in [-0.1, -0.05) is 0 Å². The van der Waals surface area contributed by atoms with E-state index < -0.39 is 11.0 Å². The number of benzene rings is 1. The standard InChI is InChI=1S/C14H17N3O4/c1-2-21-10-13(18)9-16-8-7-15-14(16)11-3-5-12(6-4-11)17(19)20/h3-8,13,18H,2,9-10H2,1H3/t13-/m1/s1. The van der Waals surface area contributed by atoms with E-state index >= 15 is 0 Å². The smallest absolute Gasteiger partial charge is 0.269 e. The van der Waals surface area contributed by atoms with Crippen LogP contribution in [0.25, 0.3) is 11.4 Å². The number of non-ortho nitro benzene ring substituents is 1. The number of aliphatic hydroxyl groups is 1. The summed E-state index contributed by atoms with van der Waals surface area (Å²) in [5.74, 6) is 0.653. The van der Waals surface area contributed by atoms with Gasteiger partial charge in [-0.2, -0.15) is 0 Å². The van der Waals surface area contributed by atoms with Crippen molar-refractivity contribution in [3.8, 4) is 11.4 Å². The summed E-state index contributed by atoms with van der Waals surface area (Å²) >= 11 is 0. The minimum atomic E-state index is -0.629. The van der Waals surface area contributed by atoms with Crippen LogP contribution >= 0.6 is 0 Å². The highest BCUT2D eigenvalue weighted by Gasteiger charge is 2.12. The van der Waals surface area contributed by atoms with Crippen molar-refractivity contribution in [2.24, 2.45) is 0 Å². The van der Waals surface area contributed by atoms with Gasteiger partial charge in [0.15, 0.2) is 0 Å². The molecule has 2 aromatic rings. The van der Waals surface area contributed by atoms with Crippen LogP contribution in [-0.4, -0.2) is 38.9 Å². The first kappa shape index (κ1) is 15.1. The number of imidazole rings is 1. The summed E-state index contributed by atoms with van der Waals surface area (Å²) in [7, 11) is 0. The molecule has 0 spiro atoms. The van der Waals surface area contributed by atoms with E-state index in [1.807, 2.05) is 6.92 Å². The summed E-state index contributed by atoms with van der Waals surface area (Å²) in [4.78, 5) is 14.4. The van der Waals surface area contributed by atoms with Crippen molar-refractivity contribution in [3.05, 3.63) is 46.8 Å². The Bertz CT molecular complexity index is 595. The van der Waals surface area contributed by atoms with Crippen LogP contribution in [0.4, 0.5) is 5.69 Å². The molecule has 21 heavy (non-hydrogen) atoms. The Morgan fingerprint density at radius 3 is 2.76 bits per heavy atom. The molecule has 0 aliphatic carbocycles. The van der Waals surface area contributed by atoms with E-state index in [0.717, 1.165) is 5.56 Å². The molecule has 112 valence electrons. The second-order valence-corrected chi connectivity index (χ2v) is 4.52. The van der Waals surface area contributed by atoms with Gasteiger partial charge in [0.05, 0.1) is 24.2 Å². The van der Waals surface area contributed by atoms with Crippen LogP contribution in [0.15, 0.2) is 36.7 Å². The lowest BCUT2D eigenvalue weighted by molar-refractivity contribution is -0.384. The van der Waals surface area contributed by atoms with Crippen LogP contribution in [0.1, 0.15) is 6.92 Å². The number of aromatic nitrogens is 2. The molecule has 0 fully saturated rings. The lowest BCUT2D eigenvalue weighted by Crippen LogP contribution is -2.22. The van der Waals surface area contributed by atoms with E-state index in [1.54, 1.807) is 29.1 Å². The molecule has 1 atom stereocenters. The number of hydrogen-bond donors (Lipinski definition) is 1. The molecule has 1 N–H and O–H groups in total. The fraction of sp³-hybridized carbons (Fsp3) is 0.357. The maximum atomic E-state index is 10.6. The molecule has 0 aliphatic heterocycles. The van der Waals surface area contributed by atoms with E-state index in [0.29, 0.717) is 19.0 Å². The number of nitro benzene ring substituents is 1. The molecule has 7 nitrogen and oxygen atoms in total. The molecule has 0 aliphatic rings. The first-order valence-corrected chi connectivity index (χ1v) is 6.63. The van der Waals surface area contributed by atoms with Crippen LogP contribution in [0.5, 0.6) is 0 Å². The largest absolute Gasteiger partial charge is 0.389 e. The Balaban J connectivity index is 2.14. The maximum absolute atomic E-state index is 10.6. The van der Waals surface area contributed by atoms with E-state index in [9.17, 15) is 15.2 Å². The molecule has 1 aromatic heterocycles. The highest BCUT2D eigenvalue weighted by molar-refractivity contribution is 5.57. The average molecular weight is 291 g/mol. The Morgan fingerprint density at radius 2 is 2.14 bits per heavy atom. The highest BCUT2D eigenvalue weighted by atomic mass is 16.6. The molecule has 2 rings (SSSR count). The summed E-state index contributed by atoms with van der Waals surface area (Å²) in [5, 5.41) is 20.5. The van der Waals surface area contributed by atoms with Gasteiger partial charge in [0.2, 0.25) is 0 Å². The van der Waals surface area contributed by atoms with Gasteiger partial charge < -0.3 is 14.4 Å². The fourth-order valence-corrected chi connectivity index (χ4v) is 1.98. The van der Waals surface area contributed by atoms with Crippen molar-refractivity contribution in [2.75, 3.05) is 13.2 Å². The number of nitro groups is 1. The minimum Gasteiger partial charge on any atom is -0.389 e. The fourth-order valence-electron chi connectivity index (χ4n) is 1.98. The lowest BCUT2D eigenvalue weighted by Gasteiger charge is -2.13. The molecule has 1 heterocycles. The van der Waals surface area contributed by atoms with Gasteiger partial charge in [0.1, 0.15) is 5.82 Å². The quantitative estimate of drug-likeness (QED) is 0.621. The first-order chi connectivity index (χ1) is 10.1. The topological polar surface area (TPSA) is 90.4 Å². The third-order valence-electron chi connectivity index (χ3n) is 2.97. The van der Waals surface area contributed by atoms with Crippen molar-refractivity contribution in [1.82, 2.24) is 9.55 Å². The third kappa shape index (κ3) is 3.87. The van der Waals surface area contributed by atoms with Crippen LogP contribution in [0.3, 0.4) is 0 Å². The van der Waals surface area contributed by atoms with Crippen molar-refractivity contribution in [2.45, 2.75) is 19.6 Å². The molecule has 0 unspecified atom stereocenters. The molecular formula is C14H17N3O4. The van der Waals surface area contributed by atoms with E-state index in [2.05, 4.69) is 4.98 Å². The van der Waals surface area contributed by atoms with E-state index in [1.165, 1.54) is 12.1 Å². The third-order valence-corrected chi connectivity index (χ3v) is 2.97. The van der Waals surface area contributed by atoms with Gasteiger partial charge in [0.25, 0.3) is 5.69 Å². The molecule has 0 saturated heterocycles. The molecule has 0 saturated carbocycles. The number of aliphatic hydroxyl groups excluding tert-OH is 1. The summed E-state index contributed by atoms with van der Waals surface area (Å²) in [5.41, 5.74) is 0.794.